The van der Waals surface area contributed by atoms with Crippen molar-refractivity contribution in [1.82, 2.24) is 15.0 Å². The van der Waals surface area contributed by atoms with Gasteiger partial charge < -0.3 is 10.1 Å². The number of hydrogen-bond donors (Lipinski definition) is 1. The van der Waals surface area contributed by atoms with Crippen LogP contribution in [-0.4, -0.2) is 26.2 Å². The van der Waals surface area contributed by atoms with Gasteiger partial charge in [-0.3, -0.25) is 4.79 Å². The Hall–Kier alpha value is -3.53. The largest absolute Gasteiger partial charge is 0.437 e. The van der Waals surface area contributed by atoms with Crippen molar-refractivity contribution in [3.63, 3.8) is 0 Å². The number of carbonyl (C=O) groups excluding carboxylic acids is 1. The normalized spacial score (nSPS) is 11.4. The van der Waals surface area contributed by atoms with E-state index in [2.05, 4.69) is 36.2 Å². The van der Waals surface area contributed by atoms with E-state index in [1.54, 1.807) is 24.3 Å². The quantitative estimate of drug-likeness (QED) is 0.347. The number of hydrogen-bond acceptors (Lipinski definition) is 5. The van der Waals surface area contributed by atoms with E-state index >= 15 is 0 Å². The first-order valence-electron chi connectivity index (χ1n) is 9.26. The summed E-state index contributed by atoms with van der Waals surface area (Å²) < 4.78 is 44.3. The number of ether oxygens (including phenoxy) is 1. The molecule has 1 N–H and O–H groups in total. The molecular weight excluding hydrogens is 489 g/mol. The molecule has 162 valence electrons. The minimum atomic E-state index is -4.41. The summed E-state index contributed by atoms with van der Waals surface area (Å²) in [6.07, 6.45) is -3.14. The summed E-state index contributed by atoms with van der Waals surface area (Å²) in [7, 11) is 0. The number of fused-ring (bicyclic) bond motifs is 1. The Morgan fingerprint density at radius 2 is 1.81 bits per heavy atom. The molecule has 0 fully saturated rings. The zero-order valence-electron chi connectivity index (χ0n) is 16.2. The van der Waals surface area contributed by atoms with Crippen LogP contribution in [0, 0.1) is 0 Å². The van der Waals surface area contributed by atoms with Crippen LogP contribution in [0.15, 0.2) is 67.0 Å². The second-order valence-electron chi connectivity index (χ2n) is 6.62. The molecular formula is C22H14BrF3N4O2. The monoisotopic (exact) mass is 502 g/mol. The molecule has 2 aromatic heterocycles. The second-order valence-corrected chi connectivity index (χ2v) is 7.19. The third kappa shape index (κ3) is 4.86. The Kier molecular flexibility index (Phi) is 6.04. The molecule has 2 heterocycles. The van der Waals surface area contributed by atoms with Crippen LogP contribution < -0.4 is 10.1 Å². The van der Waals surface area contributed by atoms with Gasteiger partial charge in [-0.25, -0.2) is 15.0 Å². The molecule has 1 amide bonds. The highest BCUT2D eigenvalue weighted by atomic mass is 79.9. The number of para-hydroxylation sites is 1. The van der Waals surface area contributed by atoms with E-state index < -0.39 is 11.7 Å². The maximum absolute atomic E-state index is 12.8. The number of aromatic nitrogens is 3. The van der Waals surface area contributed by atoms with Gasteiger partial charge in [0.2, 0.25) is 11.8 Å². The van der Waals surface area contributed by atoms with E-state index in [1.165, 1.54) is 24.5 Å². The number of benzene rings is 2. The first-order valence-corrected chi connectivity index (χ1v) is 10.4. The lowest BCUT2D eigenvalue weighted by atomic mass is 10.1. The Labute approximate surface area is 188 Å². The fourth-order valence-electron chi connectivity index (χ4n) is 2.94. The molecule has 0 aliphatic carbocycles. The van der Waals surface area contributed by atoms with E-state index in [1.807, 2.05) is 6.07 Å². The third-order valence-electron chi connectivity index (χ3n) is 4.44. The van der Waals surface area contributed by atoms with Gasteiger partial charge in [0, 0.05) is 17.0 Å². The molecule has 0 saturated carbocycles. The van der Waals surface area contributed by atoms with Crippen molar-refractivity contribution in [3.8, 4) is 22.9 Å². The first-order chi connectivity index (χ1) is 15.3. The van der Waals surface area contributed by atoms with Gasteiger partial charge in [-0.2, -0.15) is 13.2 Å². The average molecular weight is 503 g/mol. The summed E-state index contributed by atoms with van der Waals surface area (Å²) >= 11 is 3.09. The minimum absolute atomic E-state index is 0.137. The number of anilines is 1. The zero-order chi connectivity index (χ0) is 22.7. The van der Waals surface area contributed by atoms with Crippen molar-refractivity contribution in [2.75, 3.05) is 10.6 Å². The van der Waals surface area contributed by atoms with Gasteiger partial charge in [0.05, 0.1) is 16.6 Å². The molecule has 32 heavy (non-hydrogen) atoms. The molecule has 10 heteroatoms. The standard InChI is InChI=1S/C22H14BrF3N4O2/c23-11-19(31)29-18-9-6-14-2-1-3-17(21(14)30-18)32-20-10-16(27-12-28-20)13-4-7-15(8-5-13)22(24,25)26/h1-10,12H,11H2,(H,29,30,31). The van der Waals surface area contributed by atoms with Crippen LogP contribution >= 0.6 is 15.9 Å². The van der Waals surface area contributed by atoms with Crippen LogP contribution in [0.2, 0.25) is 0 Å². The van der Waals surface area contributed by atoms with E-state index in [-0.39, 0.29) is 17.1 Å². The van der Waals surface area contributed by atoms with Crippen molar-refractivity contribution >= 4 is 38.6 Å². The number of nitrogens with one attached hydrogen (secondary N) is 1. The Morgan fingerprint density at radius 1 is 1.03 bits per heavy atom. The minimum Gasteiger partial charge on any atom is -0.437 e. The lowest BCUT2D eigenvalue weighted by Gasteiger charge is -2.10. The van der Waals surface area contributed by atoms with Crippen LogP contribution in [0.1, 0.15) is 5.56 Å². The van der Waals surface area contributed by atoms with Crippen molar-refractivity contribution < 1.29 is 22.7 Å². The molecule has 0 saturated heterocycles. The number of amides is 1. The predicted octanol–water partition coefficient (Wildman–Crippen LogP) is 5.84. The molecule has 0 atom stereocenters. The number of pyridine rings is 1. The van der Waals surface area contributed by atoms with Gasteiger partial charge in [0.25, 0.3) is 0 Å². The molecule has 0 bridgehead atoms. The van der Waals surface area contributed by atoms with Crippen LogP contribution in [0.3, 0.4) is 0 Å². The maximum Gasteiger partial charge on any atom is 0.416 e. The summed E-state index contributed by atoms with van der Waals surface area (Å²) in [5.41, 5.74) is 0.661. The summed E-state index contributed by atoms with van der Waals surface area (Å²) in [6.45, 7) is 0. The van der Waals surface area contributed by atoms with Crippen molar-refractivity contribution in [2.24, 2.45) is 0 Å². The lowest BCUT2D eigenvalue weighted by Crippen LogP contribution is -2.13. The van der Waals surface area contributed by atoms with Crippen LogP contribution in [-0.2, 0) is 11.0 Å². The average Bonchev–Trinajstić information content (AvgIpc) is 2.79. The second kappa shape index (κ2) is 8.91. The molecule has 0 radical (unpaired) electrons. The van der Waals surface area contributed by atoms with Crippen LogP contribution in [0.4, 0.5) is 19.0 Å². The number of alkyl halides is 4. The topological polar surface area (TPSA) is 77.0 Å². The van der Waals surface area contributed by atoms with Gasteiger partial charge in [-0.1, -0.05) is 40.2 Å². The molecule has 4 rings (SSSR count). The molecule has 0 spiro atoms. The summed E-state index contributed by atoms with van der Waals surface area (Å²) in [5, 5.41) is 3.59. The molecule has 0 unspecified atom stereocenters. The van der Waals surface area contributed by atoms with E-state index in [0.29, 0.717) is 28.3 Å². The third-order valence-corrected chi connectivity index (χ3v) is 4.95. The molecule has 0 aliphatic heterocycles. The Bertz CT molecular complexity index is 1280. The number of nitrogens with zero attached hydrogens (tertiary/aromatic N) is 3. The van der Waals surface area contributed by atoms with Gasteiger partial charge in [0.15, 0.2) is 5.75 Å². The SMILES string of the molecule is O=C(CBr)Nc1ccc2cccc(Oc3cc(-c4ccc(C(F)(F)F)cc4)ncn3)c2n1. The highest BCUT2D eigenvalue weighted by molar-refractivity contribution is 9.09. The Morgan fingerprint density at radius 3 is 2.53 bits per heavy atom. The molecule has 4 aromatic rings. The van der Waals surface area contributed by atoms with Crippen molar-refractivity contribution in [3.05, 3.63) is 72.6 Å². The fraction of sp³-hybridized carbons (Fsp3) is 0.0909. The summed E-state index contributed by atoms with van der Waals surface area (Å²) in [6, 6.07) is 15.0. The van der Waals surface area contributed by atoms with Crippen LogP contribution in [0.25, 0.3) is 22.2 Å². The fourth-order valence-corrected chi connectivity index (χ4v) is 3.08. The molecule has 0 aliphatic rings. The number of rotatable bonds is 5. The van der Waals surface area contributed by atoms with Gasteiger partial charge in [-0.15, -0.1) is 0 Å². The van der Waals surface area contributed by atoms with Gasteiger partial charge in [0.1, 0.15) is 17.7 Å². The van der Waals surface area contributed by atoms with E-state index in [9.17, 15) is 18.0 Å². The molecule has 2 aromatic carbocycles. The Balaban J connectivity index is 1.63. The highest BCUT2D eigenvalue weighted by Gasteiger charge is 2.30. The lowest BCUT2D eigenvalue weighted by molar-refractivity contribution is -0.137. The predicted molar refractivity (Wildman–Crippen MR) is 117 cm³/mol. The van der Waals surface area contributed by atoms with Gasteiger partial charge >= 0.3 is 6.18 Å². The maximum atomic E-state index is 12.8. The highest BCUT2D eigenvalue weighted by Crippen LogP contribution is 2.32. The smallest absolute Gasteiger partial charge is 0.416 e. The number of halogens is 4. The van der Waals surface area contributed by atoms with Gasteiger partial charge in [-0.05, 0) is 30.3 Å². The molecule has 6 nitrogen and oxygen atoms in total. The van der Waals surface area contributed by atoms with Crippen molar-refractivity contribution in [2.45, 2.75) is 6.18 Å². The van der Waals surface area contributed by atoms with E-state index in [0.717, 1.165) is 17.5 Å². The van der Waals surface area contributed by atoms with Crippen LogP contribution in [0.5, 0.6) is 11.6 Å². The number of carbonyl (C=O) groups is 1. The zero-order valence-corrected chi connectivity index (χ0v) is 17.8. The summed E-state index contributed by atoms with van der Waals surface area (Å²) in [5.74, 6) is 0.715. The first kappa shape index (κ1) is 21.7. The summed E-state index contributed by atoms with van der Waals surface area (Å²) in [4.78, 5) is 24.3. The van der Waals surface area contributed by atoms with Crippen molar-refractivity contribution in [1.29, 1.82) is 0 Å². The van der Waals surface area contributed by atoms with E-state index in [4.69, 9.17) is 4.74 Å².